The fourth-order valence-electron chi connectivity index (χ4n) is 1.42. The van der Waals surface area contributed by atoms with Gasteiger partial charge in [-0.25, -0.2) is 4.39 Å². The fraction of sp³-hybridized carbons (Fsp3) is 0. The van der Waals surface area contributed by atoms with Gasteiger partial charge in [0.05, 0.1) is 10.6 Å². The van der Waals surface area contributed by atoms with E-state index in [-0.39, 0.29) is 16.3 Å². The molecule has 0 saturated heterocycles. The second-order valence-corrected chi connectivity index (χ2v) is 3.53. The molecule has 0 radical (unpaired) electrons. The Morgan fingerprint density at radius 3 is 2.33 bits per heavy atom. The molecule has 0 aliphatic rings. The van der Waals surface area contributed by atoms with Crippen LogP contribution in [0, 0.1) is 5.82 Å². The Labute approximate surface area is 91.8 Å². The molecular weight excluding hydrogens is 215 g/mol. The Kier molecular flexibility index (Phi) is 2.60. The van der Waals surface area contributed by atoms with Crippen molar-refractivity contribution in [3.8, 4) is 16.9 Å². The quantitative estimate of drug-likeness (QED) is 0.777. The molecule has 15 heavy (non-hydrogen) atoms. The zero-order valence-corrected chi connectivity index (χ0v) is 8.50. The molecule has 76 valence electrons. The maximum atomic E-state index is 13.5. The number of rotatable bonds is 1. The van der Waals surface area contributed by atoms with E-state index in [1.165, 1.54) is 12.1 Å². The third kappa shape index (κ3) is 1.81. The minimum Gasteiger partial charge on any atom is -0.506 e. The smallest absolute Gasteiger partial charge is 0.144 e. The Hall–Kier alpha value is -1.54. The van der Waals surface area contributed by atoms with E-state index in [0.717, 1.165) is 0 Å². The van der Waals surface area contributed by atoms with Gasteiger partial charge in [-0.15, -0.1) is 0 Å². The summed E-state index contributed by atoms with van der Waals surface area (Å²) >= 11 is 5.72. The van der Waals surface area contributed by atoms with Crippen molar-refractivity contribution < 1.29 is 9.50 Å². The van der Waals surface area contributed by atoms with Gasteiger partial charge >= 0.3 is 0 Å². The largest absolute Gasteiger partial charge is 0.506 e. The van der Waals surface area contributed by atoms with Crippen LogP contribution in [0.25, 0.3) is 11.1 Å². The summed E-state index contributed by atoms with van der Waals surface area (Å²) in [4.78, 5) is 0. The number of halogens is 2. The van der Waals surface area contributed by atoms with Gasteiger partial charge in [0.1, 0.15) is 11.6 Å². The first kappa shape index (κ1) is 9.99. The standard InChI is InChI=1S/C12H8ClFO/c13-9-6-7-10(14)11(12(9)15)8-4-2-1-3-5-8/h1-7,15H. The van der Waals surface area contributed by atoms with Crippen molar-refractivity contribution in [3.05, 3.63) is 53.3 Å². The van der Waals surface area contributed by atoms with Crippen LogP contribution in [-0.4, -0.2) is 5.11 Å². The number of benzene rings is 2. The average Bonchev–Trinajstić information content (AvgIpc) is 2.26. The molecular formula is C12H8ClFO. The minimum absolute atomic E-state index is 0.142. The second-order valence-electron chi connectivity index (χ2n) is 3.12. The molecule has 0 aliphatic carbocycles. The second kappa shape index (κ2) is 3.91. The van der Waals surface area contributed by atoms with Crippen molar-refractivity contribution in [2.45, 2.75) is 0 Å². The Bertz CT molecular complexity index is 482. The predicted octanol–water partition coefficient (Wildman–Crippen LogP) is 3.85. The van der Waals surface area contributed by atoms with Crippen LogP contribution < -0.4 is 0 Å². The van der Waals surface area contributed by atoms with Gasteiger partial charge in [0, 0.05) is 0 Å². The zero-order valence-electron chi connectivity index (χ0n) is 7.74. The lowest BCUT2D eigenvalue weighted by Gasteiger charge is -2.07. The molecule has 2 rings (SSSR count). The van der Waals surface area contributed by atoms with Crippen LogP contribution in [0.1, 0.15) is 0 Å². The first-order valence-electron chi connectivity index (χ1n) is 4.42. The maximum Gasteiger partial charge on any atom is 0.144 e. The van der Waals surface area contributed by atoms with Crippen LogP contribution in [0.5, 0.6) is 5.75 Å². The van der Waals surface area contributed by atoms with Crippen LogP contribution in [0.4, 0.5) is 4.39 Å². The molecule has 1 N–H and O–H groups in total. The van der Waals surface area contributed by atoms with Crippen molar-refractivity contribution in [1.82, 2.24) is 0 Å². The highest BCUT2D eigenvalue weighted by Crippen LogP contribution is 2.36. The van der Waals surface area contributed by atoms with E-state index in [9.17, 15) is 9.50 Å². The summed E-state index contributed by atoms with van der Waals surface area (Å²) in [5.41, 5.74) is 0.748. The third-order valence-corrected chi connectivity index (χ3v) is 2.45. The Morgan fingerprint density at radius 1 is 1.00 bits per heavy atom. The highest BCUT2D eigenvalue weighted by Gasteiger charge is 2.12. The van der Waals surface area contributed by atoms with E-state index in [2.05, 4.69) is 0 Å². The predicted molar refractivity (Wildman–Crippen MR) is 58.5 cm³/mol. The minimum atomic E-state index is -0.483. The van der Waals surface area contributed by atoms with E-state index in [4.69, 9.17) is 11.6 Å². The maximum absolute atomic E-state index is 13.5. The van der Waals surface area contributed by atoms with Gasteiger partial charge in [-0.2, -0.15) is 0 Å². The van der Waals surface area contributed by atoms with Gasteiger partial charge in [0.25, 0.3) is 0 Å². The van der Waals surface area contributed by atoms with Crippen LogP contribution in [-0.2, 0) is 0 Å². The Balaban J connectivity index is 2.68. The number of phenols is 1. The molecule has 2 aromatic carbocycles. The average molecular weight is 223 g/mol. The van der Waals surface area contributed by atoms with Gasteiger partial charge in [0.15, 0.2) is 0 Å². The van der Waals surface area contributed by atoms with Crippen molar-refractivity contribution in [3.63, 3.8) is 0 Å². The van der Waals surface area contributed by atoms with E-state index >= 15 is 0 Å². The molecule has 0 atom stereocenters. The number of aromatic hydroxyl groups is 1. The summed E-state index contributed by atoms with van der Waals surface area (Å²) in [6.45, 7) is 0. The van der Waals surface area contributed by atoms with Gasteiger partial charge < -0.3 is 5.11 Å². The van der Waals surface area contributed by atoms with Crippen molar-refractivity contribution in [2.24, 2.45) is 0 Å². The third-order valence-electron chi connectivity index (χ3n) is 2.14. The molecule has 0 aliphatic heterocycles. The molecule has 0 spiro atoms. The summed E-state index contributed by atoms with van der Waals surface area (Å²) in [6.07, 6.45) is 0. The van der Waals surface area contributed by atoms with Crippen LogP contribution in [0.2, 0.25) is 5.02 Å². The Morgan fingerprint density at radius 2 is 1.67 bits per heavy atom. The molecule has 0 bridgehead atoms. The summed E-state index contributed by atoms with van der Waals surface area (Å²) in [6, 6.07) is 11.4. The molecule has 3 heteroatoms. The summed E-state index contributed by atoms with van der Waals surface area (Å²) < 4.78 is 13.5. The first-order chi connectivity index (χ1) is 7.20. The van der Waals surface area contributed by atoms with E-state index in [1.807, 2.05) is 6.07 Å². The molecule has 0 amide bonds. The fourth-order valence-corrected chi connectivity index (χ4v) is 1.58. The molecule has 1 nitrogen and oxygen atoms in total. The first-order valence-corrected chi connectivity index (χ1v) is 4.80. The van der Waals surface area contributed by atoms with Gasteiger partial charge in [-0.1, -0.05) is 41.9 Å². The highest BCUT2D eigenvalue weighted by molar-refractivity contribution is 6.32. The summed E-state index contributed by atoms with van der Waals surface area (Å²) in [5.74, 6) is -0.703. The summed E-state index contributed by atoms with van der Waals surface area (Å²) in [5, 5.41) is 9.81. The van der Waals surface area contributed by atoms with Gasteiger partial charge in [-0.05, 0) is 17.7 Å². The number of hydrogen-bond acceptors (Lipinski definition) is 1. The number of hydrogen-bond donors (Lipinski definition) is 1. The lowest BCUT2D eigenvalue weighted by Crippen LogP contribution is -1.85. The molecule has 0 fully saturated rings. The SMILES string of the molecule is Oc1c(Cl)ccc(F)c1-c1ccccc1. The molecule has 0 aromatic heterocycles. The molecule has 0 saturated carbocycles. The van der Waals surface area contributed by atoms with Gasteiger partial charge in [-0.3, -0.25) is 0 Å². The van der Waals surface area contributed by atoms with Crippen LogP contribution >= 0.6 is 11.6 Å². The zero-order chi connectivity index (χ0) is 10.8. The lowest BCUT2D eigenvalue weighted by atomic mass is 10.0. The van der Waals surface area contributed by atoms with Crippen molar-refractivity contribution in [2.75, 3.05) is 0 Å². The van der Waals surface area contributed by atoms with E-state index in [1.54, 1.807) is 24.3 Å². The molecule has 2 aromatic rings. The summed E-state index contributed by atoms with van der Waals surface area (Å²) in [7, 11) is 0. The highest BCUT2D eigenvalue weighted by atomic mass is 35.5. The topological polar surface area (TPSA) is 20.2 Å². The van der Waals surface area contributed by atoms with Gasteiger partial charge in [0.2, 0.25) is 0 Å². The molecule has 0 heterocycles. The van der Waals surface area contributed by atoms with Crippen molar-refractivity contribution >= 4 is 11.6 Å². The monoisotopic (exact) mass is 222 g/mol. The lowest BCUT2D eigenvalue weighted by molar-refractivity contribution is 0.472. The normalized spacial score (nSPS) is 10.3. The molecule has 0 unspecified atom stereocenters. The van der Waals surface area contributed by atoms with Crippen molar-refractivity contribution in [1.29, 1.82) is 0 Å². The van der Waals surface area contributed by atoms with E-state index < -0.39 is 5.82 Å². The van der Waals surface area contributed by atoms with Crippen LogP contribution in [0.15, 0.2) is 42.5 Å². The van der Waals surface area contributed by atoms with E-state index in [0.29, 0.717) is 5.56 Å². The van der Waals surface area contributed by atoms with Crippen LogP contribution in [0.3, 0.4) is 0 Å². The number of phenolic OH excluding ortho intramolecular Hbond substituents is 1.